The Morgan fingerprint density at radius 3 is 2.36 bits per heavy atom. The number of piperazine rings is 1. The van der Waals surface area contributed by atoms with Gasteiger partial charge in [0.1, 0.15) is 5.15 Å². The zero-order valence-electron chi connectivity index (χ0n) is 14.4. The molecular formula is C18H22ClN3O2S. The van der Waals surface area contributed by atoms with Gasteiger partial charge in [0.25, 0.3) is 0 Å². The summed E-state index contributed by atoms with van der Waals surface area (Å²) in [5, 5.41) is 0.480. The number of aromatic nitrogens is 1. The minimum absolute atomic E-state index is 0.381. The van der Waals surface area contributed by atoms with Crippen LogP contribution in [0.25, 0.3) is 0 Å². The van der Waals surface area contributed by atoms with E-state index in [0.29, 0.717) is 36.2 Å². The smallest absolute Gasteiger partial charge is 0.243 e. The Morgan fingerprint density at radius 1 is 1.04 bits per heavy atom. The highest BCUT2D eigenvalue weighted by molar-refractivity contribution is 7.89. The quantitative estimate of drug-likeness (QED) is 0.766. The lowest BCUT2D eigenvalue weighted by Crippen LogP contribution is -2.48. The molecule has 134 valence electrons. The van der Waals surface area contributed by atoms with E-state index in [0.717, 1.165) is 23.2 Å². The lowest BCUT2D eigenvalue weighted by molar-refractivity contribution is 0.181. The van der Waals surface area contributed by atoms with E-state index in [4.69, 9.17) is 11.6 Å². The second-order valence-electron chi connectivity index (χ2n) is 6.42. The molecule has 0 unspecified atom stereocenters. The molecule has 2 aromatic rings. The molecule has 0 amide bonds. The number of rotatable bonds is 4. The van der Waals surface area contributed by atoms with Crippen LogP contribution in [0.15, 0.2) is 41.4 Å². The first-order valence-corrected chi connectivity index (χ1v) is 10.1. The Hall–Kier alpha value is -1.47. The maximum atomic E-state index is 12.8. The third-order valence-electron chi connectivity index (χ3n) is 4.64. The summed E-state index contributed by atoms with van der Waals surface area (Å²) in [7, 11) is -3.43. The number of pyridine rings is 1. The fraction of sp³-hybridized carbons (Fsp3) is 0.389. The van der Waals surface area contributed by atoms with Crippen molar-refractivity contribution in [1.29, 1.82) is 0 Å². The summed E-state index contributed by atoms with van der Waals surface area (Å²) in [6.07, 6.45) is 1.76. The van der Waals surface area contributed by atoms with Gasteiger partial charge in [0.15, 0.2) is 0 Å². The Morgan fingerprint density at radius 2 is 1.76 bits per heavy atom. The van der Waals surface area contributed by atoms with Crippen LogP contribution in [0, 0.1) is 13.8 Å². The van der Waals surface area contributed by atoms with Crippen LogP contribution in [0.3, 0.4) is 0 Å². The van der Waals surface area contributed by atoms with Gasteiger partial charge in [-0.3, -0.25) is 4.90 Å². The number of hydrogen-bond acceptors (Lipinski definition) is 4. The second kappa shape index (κ2) is 7.41. The lowest BCUT2D eigenvalue weighted by Gasteiger charge is -2.34. The van der Waals surface area contributed by atoms with Gasteiger partial charge >= 0.3 is 0 Å². The fourth-order valence-electron chi connectivity index (χ4n) is 2.91. The summed E-state index contributed by atoms with van der Waals surface area (Å²) in [4.78, 5) is 6.70. The first kappa shape index (κ1) is 18.3. The number of hydrogen-bond donors (Lipinski definition) is 0. The average molecular weight is 380 g/mol. The van der Waals surface area contributed by atoms with E-state index < -0.39 is 10.0 Å². The first-order valence-electron chi connectivity index (χ1n) is 8.26. The number of aryl methyl sites for hydroxylation is 2. The molecule has 0 N–H and O–H groups in total. The highest BCUT2D eigenvalue weighted by Gasteiger charge is 2.28. The number of benzene rings is 1. The Bertz CT molecular complexity index is 845. The van der Waals surface area contributed by atoms with Crippen LogP contribution in [-0.4, -0.2) is 48.8 Å². The van der Waals surface area contributed by atoms with Crippen molar-refractivity contribution in [2.75, 3.05) is 26.2 Å². The van der Waals surface area contributed by atoms with Crippen molar-refractivity contribution in [3.63, 3.8) is 0 Å². The van der Waals surface area contributed by atoms with E-state index >= 15 is 0 Å². The summed E-state index contributed by atoms with van der Waals surface area (Å²) in [5.41, 5.74) is 3.17. The molecule has 0 spiro atoms. The molecule has 1 aromatic carbocycles. The van der Waals surface area contributed by atoms with Crippen molar-refractivity contribution in [2.24, 2.45) is 0 Å². The molecule has 1 aliphatic heterocycles. The zero-order valence-corrected chi connectivity index (χ0v) is 16.0. The average Bonchev–Trinajstić information content (AvgIpc) is 2.60. The molecule has 2 heterocycles. The molecule has 0 aliphatic carbocycles. The van der Waals surface area contributed by atoms with Crippen LogP contribution < -0.4 is 0 Å². The molecule has 1 aliphatic rings. The summed E-state index contributed by atoms with van der Waals surface area (Å²) in [6.45, 7) is 7.07. The molecule has 0 radical (unpaired) electrons. The lowest BCUT2D eigenvalue weighted by atomic mass is 10.1. The van der Waals surface area contributed by atoms with Crippen molar-refractivity contribution < 1.29 is 8.42 Å². The van der Waals surface area contributed by atoms with E-state index in [2.05, 4.69) is 9.88 Å². The second-order valence-corrected chi connectivity index (χ2v) is 8.74. The van der Waals surface area contributed by atoms with Gasteiger partial charge in [-0.25, -0.2) is 13.4 Å². The number of sulfonamides is 1. The van der Waals surface area contributed by atoms with Gasteiger partial charge in [0.2, 0.25) is 10.0 Å². The van der Waals surface area contributed by atoms with Crippen LogP contribution in [0.2, 0.25) is 5.15 Å². The van der Waals surface area contributed by atoms with Crippen LogP contribution in [-0.2, 0) is 16.6 Å². The predicted octanol–water partition coefficient (Wildman–Crippen LogP) is 2.86. The van der Waals surface area contributed by atoms with E-state index in [-0.39, 0.29) is 0 Å². The van der Waals surface area contributed by atoms with Gasteiger partial charge in [0.05, 0.1) is 4.90 Å². The van der Waals surface area contributed by atoms with Gasteiger partial charge in [-0.15, -0.1) is 0 Å². The summed E-state index contributed by atoms with van der Waals surface area (Å²) < 4.78 is 27.2. The molecule has 0 bridgehead atoms. The third kappa shape index (κ3) is 4.20. The van der Waals surface area contributed by atoms with Crippen LogP contribution in [0.5, 0.6) is 0 Å². The predicted molar refractivity (Wildman–Crippen MR) is 99.2 cm³/mol. The topological polar surface area (TPSA) is 53.5 Å². The third-order valence-corrected chi connectivity index (χ3v) is 6.76. The Balaban J connectivity index is 1.64. The molecular weight excluding hydrogens is 358 g/mol. The maximum Gasteiger partial charge on any atom is 0.243 e. The van der Waals surface area contributed by atoms with Crippen molar-refractivity contribution >= 4 is 21.6 Å². The van der Waals surface area contributed by atoms with E-state index in [1.54, 1.807) is 28.7 Å². The van der Waals surface area contributed by atoms with Crippen molar-refractivity contribution in [1.82, 2.24) is 14.2 Å². The standard InChI is InChI=1S/C18H22ClN3O2S/c1-14-3-5-17(11-15(14)2)25(23,24)22-9-7-21(8-10-22)13-16-4-6-18(19)20-12-16/h3-6,11-12H,7-10,13H2,1-2H3. The molecule has 0 atom stereocenters. The van der Waals surface area contributed by atoms with Crippen molar-refractivity contribution in [3.8, 4) is 0 Å². The number of nitrogens with zero attached hydrogens (tertiary/aromatic N) is 3. The molecule has 7 heteroatoms. The molecule has 1 saturated heterocycles. The number of halogens is 1. The Kier molecular flexibility index (Phi) is 5.43. The van der Waals surface area contributed by atoms with E-state index in [9.17, 15) is 8.42 Å². The van der Waals surface area contributed by atoms with Gasteiger partial charge < -0.3 is 0 Å². The van der Waals surface area contributed by atoms with Crippen molar-refractivity contribution in [2.45, 2.75) is 25.3 Å². The molecule has 0 saturated carbocycles. The van der Waals surface area contributed by atoms with Crippen molar-refractivity contribution in [3.05, 3.63) is 58.4 Å². The molecule has 25 heavy (non-hydrogen) atoms. The minimum atomic E-state index is -3.43. The zero-order chi connectivity index (χ0) is 18.0. The van der Waals surface area contributed by atoms with Crippen LogP contribution in [0.1, 0.15) is 16.7 Å². The summed E-state index contributed by atoms with van der Waals surface area (Å²) in [6, 6.07) is 9.05. The van der Waals surface area contributed by atoms with E-state index in [1.165, 1.54) is 0 Å². The van der Waals surface area contributed by atoms with Gasteiger partial charge in [0, 0.05) is 38.9 Å². The normalized spacial score (nSPS) is 16.9. The summed E-state index contributed by atoms with van der Waals surface area (Å²) in [5.74, 6) is 0. The Labute approximate surface area is 154 Å². The summed E-state index contributed by atoms with van der Waals surface area (Å²) >= 11 is 5.80. The van der Waals surface area contributed by atoms with Gasteiger partial charge in [-0.1, -0.05) is 23.7 Å². The van der Waals surface area contributed by atoms with Gasteiger partial charge in [-0.05, 0) is 48.7 Å². The fourth-order valence-corrected chi connectivity index (χ4v) is 4.53. The first-order chi connectivity index (χ1) is 11.9. The highest BCUT2D eigenvalue weighted by Crippen LogP contribution is 2.21. The SMILES string of the molecule is Cc1ccc(S(=O)(=O)N2CCN(Cc3ccc(Cl)nc3)CC2)cc1C. The minimum Gasteiger partial charge on any atom is -0.296 e. The molecule has 1 fully saturated rings. The van der Waals surface area contributed by atoms with Crippen LogP contribution >= 0.6 is 11.6 Å². The highest BCUT2D eigenvalue weighted by atomic mass is 35.5. The molecule has 5 nitrogen and oxygen atoms in total. The largest absolute Gasteiger partial charge is 0.296 e. The maximum absolute atomic E-state index is 12.8. The molecule has 1 aromatic heterocycles. The van der Waals surface area contributed by atoms with E-state index in [1.807, 2.05) is 26.0 Å². The van der Waals surface area contributed by atoms with Crippen LogP contribution in [0.4, 0.5) is 0 Å². The van der Waals surface area contributed by atoms with Gasteiger partial charge in [-0.2, -0.15) is 4.31 Å². The molecule has 3 rings (SSSR count). The monoisotopic (exact) mass is 379 g/mol.